The van der Waals surface area contributed by atoms with E-state index in [1.54, 1.807) is 11.8 Å². The van der Waals surface area contributed by atoms with Crippen molar-refractivity contribution in [3.8, 4) is 0 Å². The highest BCUT2D eigenvalue weighted by Crippen LogP contribution is 2.30. The first-order valence-corrected chi connectivity index (χ1v) is 7.66. The fourth-order valence-corrected chi connectivity index (χ4v) is 2.87. The second-order valence-corrected chi connectivity index (χ2v) is 6.40. The summed E-state index contributed by atoms with van der Waals surface area (Å²) in [5.74, 6) is -0.183. The second kappa shape index (κ2) is 5.61. The molecule has 0 bridgehead atoms. The lowest BCUT2D eigenvalue weighted by atomic mass is 9.90. The van der Waals surface area contributed by atoms with Crippen LogP contribution >= 0.6 is 0 Å². The van der Waals surface area contributed by atoms with Gasteiger partial charge in [0.2, 0.25) is 0 Å². The average Bonchev–Trinajstić information content (AvgIpc) is 3.11. The van der Waals surface area contributed by atoms with Gasteiger partial charge in [-0.25, -0.2) is 4.79 Å². The van der Waals surface area contributed by atoms with E-state index in [9.17, 15) is 14.7 Å². The number of carboxylic acid groups (broad SMARTS) is 1. The normalized spacial score (nSPS) is 22.3. The molecule has 2 atom stereocenters. The molecule has 2 aromatic rings. The van der Waals surface area contributed by atoms with Crippen molar-refractivity contribution in [2.24, 2.45) is 5.41 Å². The summed E-state index contributed by atoms with van der Waals surface area (Å²) in [6.07, 6.45) is 0.467. The van der Waals surface area contributed by atoms with Crippen molar-refractivity contribution in [2.45, 2.75) is 26.3 Å². The van der Waals surface area contributed by atoms with Gasteiger partial charge < -0.3 is 19.7 Å². The highest BCUT2D eigenvalue weighted by molar-refractivity contribution is 5.80. The van der Waals surface area contributed by atoms with E-state index >= 15 is 0 Å². The average molecular weight is 316 g/mol. The molecule has 1 fully saturated rings. The molecular formula is C17H20N2O4. The van der Waals surface area contributed by atoms with Crippen molar-refractivity contribution in [2.75, 3.05) is 13.1 Å². The maximum atomic E-state index is 12.3. The van der Waals surface area contributed by atoms with E-state index in [1.807, 2.05) is 37.3 Å². The summed E-state index contributed by atoms with van der Waals surface area (Å²) < 4.78 is 5.75. The molecule has 2 heterocycles. The van der Waals surface area contributed by atoms with Gasteiger partial charge in [-0.2, -0.15) is 0 Å². The van der Waals surface area contributed by atoms with Gasteiger partial charge >= 0.3 is 12.0 Å². The fourth-order valence-electron chi connectivity index (χ4n) is 2.87. The van der Waals surface area contributed by atoms with Crippen LogP contribution in [0, 0.1) is 5.41 Å². The lowest BCUT2D eigenvalue weighted by Crippen LogP contribution is -2.41. The van der Waals surface area contributed by atoms with E-state index in [1.165, 1.54) is 0 Å². The SMILES string of the molecule is C[C@@H](NC(=O)N1CCC(C)(C(=O)O)C1)c1cc2ccccc2o1. The lowest BCUT2D eigenvalue weighted by molar-refractivity contribution is -0.147. The van der Waals surface area contributed by atoms with Crippen molar-refractivity contribution in [3.05, 3.63) is 36.1 Å². The number of hydrogen-bond donors (Lipinski definition) is 2. The van der Waals surface area contributed by atoms with Crippen LogP contribution in [-0.2, 0) is 4.79 Å². The molecule has 1 aliphatic heterocycles. The first kappa shape index (κ1) is 15.4. The van der Waals surface area contributed by atoms with Crippen LogP contribution < -0.4 is 5.32 Å². The van der Waals surface area contributed by atoms with E-state index in [2.05, 4.69) is 5.32 Å². The van der Waals surface area contributed by atoms with E-state index < -0.39 is 11.4 Å². The summed E-state index contributed by atoms with van der Waals surface area (Å²) in [4.78, 5) is 25.1. The Bertz CT molecular complexity index is 721. The van der Waals surface area contributed by atoms with Crippen molar-refractivity contribution in [3.63, 3.8) is 0 Å². The standard InChI is InChI=1S/C17H20N2O4/c1-11(14-9-12-5-3-4-6-13(12)23-14)18-16(22)19-8-7-17(2,10-19)15(20)21/h3-6,9,11H,7-8,10H2,1-2H3,(H,18,22)(H,20,21)/t11-,17?/m1/s1. The van der Waals surface area contributed by atoms with Crippen LogP contribution in [0.2, 0.25) is 0 Å². The summed E-state index contributed by atoms with van der Waals surface area (Å²) >= 11 is 0. The second-order valence-electron chi connectivity index (χ2n) is 6.40. The Hall–Kier alpha value is -2.50. The van der Waals surface area contributed by atoms with Crippen LogP contribution in [-0.4, -0.2) is 35.1 Å². The summed E-state index contributed by atoms with van der Waals surface area (Å²) in [5, 5.41) is 13.1. The Labute approximate surface area is 134 Å². The Kier molecular flexibility index (Phi) is 3.75. The summed E-state index contributed by atoms with van der Waals surface area (Å²) in [6, 6.07) is 9.03. The topological polar surface area (TPSA) is 82.8 Å². The summed E-state index contributed by atoms with van der Waals surface area (Å²) in [5.41, 5.74) is -0.0804. The highest BCUT2D eigenvalue weighted by Gasteiger charge is 2.42. The van der Waals surface area contributed by atoms with Gasteiger partial charge in [0.15, 0.2) is 0 Å². The number of nitrogens with one attached hydrogen (secondary N) is 1. The number of carbonyl (C=O) groups is 2. The third kappa shape index (κ3) is 2.88. The molecule has 1 saturated heterocycles. The number of urea groups is 1. The smallest absolute Gasteiger partial charge is 0.318 e. The predicted molar refractivity (Wildman–Crippen MR) is 85.1 cm³/mol. The Morgan fingerprint density at radius 1 is 1.39 bits per heavy atom. The van der Waals surface area contributed by atoms with Crippen LogP contribution in [0.15, 0.2) is 34.7 Å². The zero-order valence-electron chi connectivity index (χ0n) is 13.2. The maximum absolute atomic E-state index is 12.3. The molecule has 2 amide bonds. The summed E-state index contributed by atoms with van der Waals surface area (Å²) in [7, 11) is 0. The molecule has 3 rings (SSSR count). The van der Waals surface area contributed by atoms with Crippen LogP contribution in [0.5, 0.6) is 0 Å². The largest absolute Gasteiger partial charge is 0.481 e. The maximum Gasteiger partial charge on any atom is 0.318 e. The van der Waals surface area contributed by atoms with Gasteiger partial charge in [-0.05, 0) is 32.4 Å². The van der Waals surface area contributed by atoms with Crippen LogP contribution in [0.3, 0.4) is 0 Å². The Morgan fingerprint density at radius 2 is 2.13 bits per heavy atom. The number of carboxylic acids is 1. The minimum absolute atomic E-state index is 0.223. The quantitative estimate of drug-likeness (QED) is 0.912. The molecule has 6 heteroatoms. The molecule has 1 unspecified atom stereocenters. The number of hydrogen-bond acceptors (Lipinski definition) is 3. The molecular weight excluding hydrogens is 296 g/mol. The Balaban J connectivity index is 1.67. The molecule has 23 heavy (non-hydrogen) atoms. The molecule has 1 aromatic heterocycles. The number of amides is 2. The van der Waals surface area contributed by atoms with Gasteiger partial charge in [0.05, 0.1) is 11.5 Å². The molecule has 2 N–H and O–H groups in total. The zero-order valence-corrected chi connectivity index (χ0v) is 13.2. The van der Waals surface area contributed by atoms with Gasteiger partial charge in [0.25, 0.3) is 0 Å². The molecule has 0 radical (unpaired) electrons. The third-order valence-electron chi connectivity index (χ3n) is 4.49. The Morgan fingerprint density at radius 3 is 2.78 bits per heavy atom. The van der Waals surface area contributed by atoms with E-state index in [0.717, 1.165) is 11.0 Å². The number of benzene rings is 1. The molecule has 6 nitrogen and oxygen atoms in total. The number of likely N-dealkylation sites (tertiary alicyclic amines) is 1. The van der Waals surface area contributed by atoms with Gasteiger partial charge in [-0.3, -0.25) is 4.79 Å². The van der Waals surface area contributed by atoms with Crippen LogP contribution in [0.25, 0.3) is 11.0 Å². The van der Waals surface area contributed by atoms with Gasteiger partial charge in [0, 0.05) is 18.5 Å². The fraction of sp³-hybridized carbons (Fsp3) is 0.412. The van der Waals surface area contributed by atoms with Crippen molar-refractivity contribution in [1.82, 2.24) is 10.2 Å². The first-order valence-electron chi connectivity index (χ1n) is 7.66. The number of aliphatic carboxylic acids is 1. The third-order valence-corrected chi connectivity index (χ3v) is 4.49. The van der Waals surface area contributed by atoms with Gasteiger partial charge in [-0.15, -0.1) is 0 Å². The first-order chi connectivity index (χ1) is 10.9. The number of fused-ring (bicyclic) bond motifs is 1. The molecule has 1 aliphatic rings. The summed E-state index contributed by atoms with van der Waals surface area (Å²) in [6.45, 7) is 4.19. The number of furan rings is 1. The van der Waals surface area contributed by atoms with E-state index in [4.69, 9.17) is 4.42 Å². The number of rotatable bonds is 3. The molecule has 1 aromatic carbocycles. The number of nitrogens with zero attached hydrogens (tertiary/aromatic N) is 1. The minimum Gasteiger partial charge on any atom is -0.481 e. The monoisotopic (exact) mass is 316 g/mol. The molecule has 122 valence electrons. The van der Waals surface area contributed by atoms with E-state index in [-0.39, 0.29) is 18.6 Å². The highest BCUT2D eigenvalue weighted by atomic mass is 16.4. The zero-order chi connectivity index (χ0) is 16.6. The van der Waals surface area contributed by atoms with Crippen LogP contribution in [0.4, 0.5) is 4.79 Å². The van der Waals surface area contributed by atoms with Crippen molar-refractivity contribution in [1.29, 1.82) is 0 Å². The van der Waals surface area contributed by atoms with Crippen molar-refractivity contribution >= 4 is 23.0 Å². The minimum atomic E-state index is -0.863. The molecule has 0 saturated carbocycles. The number of para-hydroxylation sites is 1. The van der Waals surface area contributed by atoms with E-state index in [0.29, 0.717) is 18.7 Å². The van der Waals surface area contributed by atoms with Gasteiger partial charge in [-0.1, -0.05) is 18.2 Å². The van der Waals surface area contributed by atoms with Crippen molar-refractivity contribution < 1.29 is 19.1 Å². The predicted octanol–water partition coefficient (Wildman–Crippen LogP) is 3.00. The molecule has 0 aliphatic carbocycles. The lowest BCUT2D eigenvalue weighted by Gasteiger charge is -2.22. The van der Waals surface area contributed by atoms with Gasteiger partial charge in [0.1, 0.15) is 11.3 Å². The molecule has 0 spiro atoms. The van der Waals surface area contributed by atoms with Crippen LogP contribution in [0.1, 0.15) is 32.1 Å². The number of carbonyl (C=O) groups excluding carboxylic acids is 1.